The van der Waals surface area contributed by atoms with Crippen molar-refractivity contribution in [1.82, 2.24) is 10.2 Å². The lowest BCUT2D eigenvalue weighted by Crippen LogP contribution is -2.37. The number of nitrogens with one attached hydrogen (secondary N) is 1. The number of methoxy groups -OCH3 is 1. The lowest BCUT2D eigenvalue weighted by atomic mass is 10.1. The van der Waals surface area contributed by atoms with Crippen LogP contribution in [0.15, 0.2) is 57.9 Å². The number of benzene rings is 2. The molecular formula is C23H19ClN2O5S. The van der Waals surface area contributed by atoms with Crippen LogP contribution in [0.2, 0.25) is 5.02 Å². The first-order valence-corrected chi connectivity index (χ1v) is 11.0. The fourth-order valence-corrected chi connectivity index (χ4v) is 4.33. The number of para-hydroxylation sites is 1. The molecule has 1 aromatic heterocycles. The molecule has 164 valence electrons. The van der Waals surface area contributed by atoms with Gasteiger partial charge in [-0.1, -0.05) is 41.9 Å². The van der Waals surface area contributed by atoms with Crippen LogP contribution in [0.1, 0.15) is 21.7 Å². The van der Waals surface area contributed by atoms with Gasteiger partial charge >= 0.3 is 0 Å². The van der Waals surface area contributed by atoms with E-state index in [0.29, 0.717) is 21.1 Å². The first kappa shape index (κ1) is 22.1. The molecule has 7 nitrogen and oxygen atoms in total. The van der Waals surface area contributed by atoms with E-state index in [1.165, 1.54) is 0 Å². The SMILES string of the molecule is COCc1c(C(=O)NCCN2C(=O)S/C(=C/c3ccc(Cl)cc3)C2=O)oc2ccccc12. The van der Waals surface area contributed by atoms with Crippen LogP contribution in [0.5, 0.6) is 0 Å². The predicted molar refractivity (Wildman–Crippen MR) is 123 cm³/mol. The Morgan fingerprint density at radius 1 is 1.19 bits per heavy atom. The lowest BCUT2D eigenvalue weighted by Gasteiger charge is -2.12. The van der Waals surface area contributed by atoms with Gasteiger partial charge in [0.25, 0.3) is 17.1 Å². The molecule has 0 atom stereocenters. The van der Waals surface area contributed by atoms with Crippen LogP contribution < -0.4 is 5.32 Å². The third-order valence-electron chi connectivity index (χ3n) is 4.86. The van der Waals surface area contributed by atoms with E-state index < -0.39 is 11.8 Å². The van der Waals surface area contributed by atoms with Gasteiger partial charge in [-0.15, -0.1) is 0 Å². The highest BCUT2D eigenvalue weighted by molar-refractivity contribution is 8.18. The number of hydrogen-bond donors (Lipinski definition) is 1. The van der Waals surface area contributed by atoms with Crippen LogP contribution in [0.25, 0.3) is 17.0 Å². The Labute approximate surface area is 193 Å². The molecule has 1 saturated heterocycles. The van der Waals surface area contributed by atoms with Crippen LogP contribution in [-0.4, -0.2) is 42.2 Å². The van der Waals surface area contributed by atoms with Gasteiger partial charge in [-0.3, -0.25) is 19.3 Å². The Kier molecular flexibility index (Phi) is 6.64. The number of furan rings is 1. The molecule has 0 saturated carbocycles. The molecule has 0 spiro atoms. The quantitative estimate of drug-likeness (QED) is 0.503. The van der Waals surface area contributed by atoms with E-state index in [1.54, 1.807) is 43.5 Å². The van der Waals surface area contributed by atoms with Gasteiger partial charge in [0.1, 0.15) is 5.58 Å². The van der Waals surface area contributed by atoms with E-state index in [0.717, 1.165) is 27.6 Å². The van der Waals surface area contributed by atoms with Crippen LogP contribution in [0.3, 0.4) is 0 Å². The molecule has 1 aliphatic heterocycles. The number of thioether (sulfide) groups is 1. The van der Waals surface area contributed by atoms with Crippen molar-refractivity contribution in [2.45, 2.75) is 6.61 Å². The van der Waals surface area contributed by atoms with Crippen molar-refractivity contribution in [2.24, 2.45) is 0 Å². The van der Waals surface area contributed by atoms with Crippen LogP contribution in [0, 0.1) is 0 Å². The Hall–Kier alpha value is -3.07. The first-order chi connectivity index (χ1) is 15.5. The number of halogens is 1. The largest absolute Gasteiger partial charge is 0.451 e. The van der Waals surface area contributed by atoms with Crippen molar-refractivity contribution >= 4 is 57.5 Å². The van der Waals surface area contributed by atoms with Crippen molar-refractivity contribution in [3.8, 4) is 0 Å². The van der Waals surface area contributed by atoms with Crippen molar-refractivity contribution in [3.05, 3.63) is 75.3 Å². The van der Waals surface area contributed by atoms with Crippen molar-refractivity contribution in [1.29, 1.82) is 0 Å². The highest BCUT2D eigenvalue weighted by Crippen LogP contribution is 2.32. The lowest BCUT2D eigenvalue weighted by molar-refractivity contribution is -0.122. The van der Waals surface area contributed by atoms with Crippen LogP contribution in [0.4, 0.5) is 4.79 Å². The molecule has 4 rings (SSSR count). The van der Waals surface area contributed by atoms with Gasteiger partial charge in [0, 0.05) is 36.2 Å². The van der Waals surface area contributed by atoms with E-state index in [9.17, 15) is 14.4 Å². The summed E-state index contributed by atoms with van der Waals surface area (Å²) in [5.41, 5.74) is 2.00. The number of carbonyl (C=O) groups is 3. The molecule has 2 heterocycles. The minimum atomic E-state index is -0.433. The second-order valence-electron chi connectivity index (χ2n) is 6.98. The number of rotatable bonds is 7. The zero-order valence-corrected chi connectivity index (χ0v) is 18.7. The van der Waals surface area contributed by atoms with Crippen molar-refractivity contribution in [2.75, 3.05) is 20.2 Å². The minimum Gasteiger partial charge on any atom is -0.451 e. The van der Waals surface area contributed by atoms with Gasteiger partial charge in [-0.2, -0.15) is 0 Å². The zero-order valence-electron chi connectivity index (χ0n) is 17.1. The second-order valence-corrected chi connectivity index (χ2v) is 8.41. The molecule has 1 N–H and O–H groups in total. The highest BCUT2D eigenvalue weighted by Gasteiger charge is 2.34. The standard InChI is InChI=1S/C23H19ClN2O5S/c1-30-13-17-16-4-2-3-5-18(16)31-20(17)21(27)25-10-11-26-22(28)19(32-23(26)29)12-14-6-8-15(24)9-7-14/h2-9,12H,10-11,13H2,1H3,(H,25,27)/b19-12+. The van der Waals surface area contributed by atoms with Crippen LogP contribution >= 0.6 is 23.4 Å². The molecule has 3 aromatic rings. The maximum Gasteiger partial charge on any atom is 0.293 e. The number of nitrogens with zero attached hydrogens (tertiary/aromatic N) is 1. The summed E-state index contributed by atoms with van der Waals surface area (Å²) < 4.78 is 10.9. The van der Waals surface area contributed by atoms with Crippen LogP contribution in [-0.2, 0) is 16.1 Å². The smallest absolute Gasteiger partial charge is 0.293 e. The average molecular weight is 471 g/mol. The molecule has 0 radical (unpaired) electrons. The summed E-state index contributed by atoms with van der Waals surface area (Å²) in [7, 11) is 1.54. The number of imide groups is 1. The topological polar surface area (TPSA) is 88.9 Å². The molecule has 1 fully saturated rings. The van der Waals surface area contributed by atoms with E-state index >= 15 is 0 Å². The summed E-state index contributed by atoms with van der Waals surface area (Å²) in [6, 6.07) is 14.3. The summed E-state index contributed by atoms with van der Waals surface area (Å²) in [6.45, 7) is 0.362. The third kappa shape index (κ3) is 4.57. The van der Waals surface area contributed by atoms with Crippen molar-refractivity contribution in [3.63, 3.8) is 0 Å². The first-order valence-electron chi connectivity index (χ1n) is 9.76. The number of fused-ring (bicyclic) bond motifs is 1. The van der Waals surface area contributed by atoms with E-state index in [4.69, 9.17) is 20.8 Å². The Bertz CT molecular complexity index is 1220. The summed E-state index contributed by atoms with van der Waals surface area (Å²) in [5.74, 6) is -0.672. The normalized spacial score (nSPS) is 15.2. The predicted octanol–water partition coefficient (Wildman–Crippen LogP) is 4.70. The molecule has 2 aromatic carbocycles. The molecular weight excluding hydrogens is 452 g/mol. The Morgan fingerprint density at radius 2 is 1.94 bits per heavy atom. The highest BCUT2D eigenvalue weighted by atomic mass is 35.5. The fourth-order valence-electron chi connectivity index (χ4n) is 3.33. The Morgan fingerprint density at radius 3 is 2.69 bits per heavy atom. The summed E-state index contributed by atoms with van der Waals surface area (Å²) in [5, 5.41) is 3.73. The maximum absolute atomic E-state index is 12.7. The van der Waals surface area contributed by atoms with Gasteiger partial charge in [-0.05, 0) is 41.6 Å². The molecule has 0 bridgehead atoms. The van der Waals surface area contributed by atoms with E-state index in [2.05, 4.69) is 5.32 Å². The molecule has 3 amide bonds. The number of amides is 3. The molecule has 0 unspecified atom stereocenters. The Balaban J connectivity index is 1.41. The second kappa shape index (κ2) is 9.60. The fraction of sp³-hybridized carbons (Fsp3) is 0.174. The maximum atomic E-state index is 12.7. The number of hydrogen-bond acceptors (Lipinski definition) is 6. The van der Waals surface area contributed by atoms with E-state index in [-0.39, 0.29) is 30.7 Å². The minimum absolute atomic E-state index is 0.0498. The summed E-state index contributed by atoms with van der Waals surface area (Å²) in [6.07, 6.45) is 1.64. The molecule has 9 heteroatoms. The molecule has 0 aliphatic carbocycles. The monoisotopic (exact) mass is 470 g/mol. The number of ether oxygens (including phenoxy) is 1. The van der Waals surface area contributed by atoms with Gasteiger partial charge < -0.3 is 14.5 Å². The number of carbonyl (C=O) groups excluding carboxylic acids is 3. The van der Waals surface area contributed by atoms with Gasteiger partial charge in [-0.25, -0.2) is 0 Å². The average Bonchev–Trinajstić information content (AvgIpc) is 3.28. The van der Waals surface area contributed by atoms with Gasteiger partial charge in [0.15, 0.2) is 5.76 Å². The van der Waals surface area contributed by atoms with Gasteiger partial charge in [0.2, 0.25) is 0 Å². The summed E-state index contributed by atoms with van der Waals surface area (Å²) in [4.78, 5) is 39.1. The van der Waals surface area contributed by atoms with Gasteiger partial charge in [0.05, 0.1) is 11.5 Å². The van der Waals surface area contributed by atoms with Crippen molar-refractivity contribution < 1.29 is 23.5 Å². The third-order valence-corrected chi connectivity index (χ3v) is 6.01. The van der Waals surface area contributed by atoms with E-state index in [1.807, 2.05) is 18.2 Å². The molecule has 1 aliphatic rings. The summed E-state index contributed by atoms with van der Waals surface area (Å²) >= 11 is 6.74. The zero-order chi connectivity index (χ0) is 22.7. The molecule has 32 heavy (non-hydrogen) atoms.